The molecule has 0 unspecified atom stereocenters. The maximum atomic E-state index is 12.3. The minimum atomic E-state index is -0.892. The molecule has 0 bridgehead atoms. The topological polar surface area (TPSA) is 68.3 Å². The predicted molar refractivity (Wildman–Crippen MR) is 93.2 cm³/mol. The standard InChI is InChI=1S/C17H22Cl2N2O3/c1-9-5-4-6-14(10(9)2)21-16(22)11(3)24-17(23)12-7-13(18)15(19)20-8-12/h7-11,14H,4-6H2,1-3H3,(H,21,22)/t9-,10+,11+,14+/m0/s1. The molecule has 1 fully saturated rings. The van der Waals surface area contributed by atoms with Crippen LogP contribution in [-0.4, -0.2) is 29.0 Å². The number of halogens is 2. The van der Waals surface area contributed by atoms with Crippen LogP contribution in [0.4, 0.5) is 0 Å². The normalized spacial score (nSPS) is 25.0. The van der Waals surface area contributed by atoms with E-state index in [2.05, 4.69) is 24.1 Å². The minimum absolute atomic E-state index is 0.111. The van der Waals surface area contributed by atoms with Crippen molar-refractivity contribution in [2.24, 2.45) is 11.8 Å². The first-order chi connectivity index (χ1) is 11.3. The van der Waals surface area contributed by atoms with Gasteiger partial charge in [0, 0.05) is 12.2 Å². The molecular weight excluding hydrogens is 351 g/mol. The highest BCUT2D eigenvalue weighted by atomic mass is 35.5. The summed E-state index contributed by atoms with van der Waals surface area (Å²) >= 11 is 11.6. The van der Waals surface area contributed by atoms with Gasteiger partial charge in [-0.3, -0.25) is 4.79 Å². The van der Waals surface area contributed by atoms with Gasteiger partial charge in [0.15, 0.2) is 6.10 Å². The van der Waals surface area contributed by atoms with E-state index in [1.54, 1.807) is 6.92 Å². The molecule has 2 rings (SSSR count). The molecule has 0 aromatic carbocycles. The number of carbonyl (C=O) groups is 2. The van der Waals surface area contributed by atoms with Crippen molar-refractivity contribution in [3.8, 4) is 0 Å². The number of hydrogen-bond acceptors (Lipinski definition) is 4. The van der Waals surface area contributed by atoms with Crippen LogP contribution in [0.25, 0.3) is 0 Å². The number of rotatable bonds is 4. The van der Waals surface area contributed by atoms with Crippen LogP contribution in [0.1, 0.15) is 50.4 Å². The highest BCUT2D eigenvalue weighted by Crippen LogP contribution is 2.29. The van der Waals surface area contributed by atoms with E-state index < -0.39 is 12.1 Å². The lowest BCUT2D eigenvalue weighted by Gasteiger charge is -2.35. The Labute approximate surface area is 152 Å². The summed E-state index contributed by atoms with van der Waals surface area (Å²) in [6, 6.07) is 1.49. The van der Waals surface area contributed by atoms with Crippen LogP contribution in [0.3, 0.4) is 0 Å². The molecule has 4 atom stereocenters. The van der Waals surface area contributed by atoms with Gasteiger partial charge in [-0.25, -0.2) is 9.78 Å². The van der Waals surface area contributed by atoms with Crippen molar-refractivity contribution >= 4 is 35.1 Å². The lowest BCUT2D eigenvalue weighted by Crippen LogP contribution is -2.47. The van der Waals surface area contributed by atoms with E-state index >= 15 is 0 Å². The molecular formula is C17H22Cl2N2O3. The molecule has 1 N–H and O–H groups in total. The number of nitrogens with zero attached hydrogens (tertiary/aromatic N) is 1. The minimum Gasteiger partial charge on any atom is -0.449 e. The van der Waals surface area contributed by atoms with Gasteiger partial charge in [0.05, 0.1) is 10.6 Å². The van der Waals surface area contributed by atoms with E-state index in [0.29, 0.717) is 11.8 Å². The summed E-state index contributed by atoms with van der Waals surface area (Å²) in [6.45, 7) is 5.89. The maximum absolute atomic E-state index is 12.3. The number of esters is 1. The first kappa shape index (κ1) is 19.0. The average molecular weight is 373 g/mol. The number of hydrogen-bond donors (Lipinski definition) is 1. The van der Waals surface area contributed by atoms with Gasteiger partial charge in [-0.2, -0.15) is 0 Å². The number of carbonyl (C=O) groups excluding carboxylic acids is 2. The molecule has 0 radical (unpaired) electrons. The molecule has 0 saturated heterocycles. The van der Waals surface area contributed by atoms with E-state index in [9.17, 15) is 9.59 Å². The van der Waals surface area contributed by atoms with E-state index in [1.165, 1.54) is 18.7 Å². The smallest absolute Gasteiger partial charge is 0.340 e. The molecule has 1 aromatic rings. The van der Waals surface area contributed by atoms with Crippen molar-refractivity contribution in [3.63, 3.8) is 0 Å². The Kier molecular flexibility index (Phi) is 6.47. The summed E-state index contributed by atoms with van der Waals surface area (Å²) in [5, 5.41) is 3.27. The summed E-state index contributed by atoms with van der Waals surface area (Å²) in [5.41, 5.74) is 0.156. The summed E-state index contributed by atoms with van der Waals surface area (Å²) in [4.78, 5) is 28.2. The molecule has 0 aliphatic heterocycles. The maximum Gasteiger partial charge on any atom is 0.340 e. The second-order valence-electron chi connectivity index (χ2n) is 6.43. The average Bonchev–Trinajstić information content (AvgIpc) is 2.54. The quantitative estimate of drug-likeness (QED) is 0.643. The van der Waals surface area contributed by atoms with E-state index in [4.69, 9.17) is 27.9 Å². The SMILES string of the molecule is C[C@@H]1[C@@H](C)CCC[C@H]1NC(=O)[C@@H](C)OC(=O)c1cnc(Cl)c(Cl)c1. The van der Waals surface area contributed by atoms with Crippen LogP contribution in [0.5, 0.6) is 0 Å². The van der Waals surface area contributed by atoms with Crippen LogP contribution in [0.2, 0.25) is 10.2 Å². The molecule has 1 amide bonds. The van der Waals surface area contributed by atoms with Crippen LogP contribution in [0, 0.1) is 11.8 Å². The molecule has 5 nitrogen and oxygen atoms in total. The first-order valence-corrected chi connectivity index (χ1v) is 8.87. The highest BCUT2D eigenvalue weighted by Gasteiger charge is 2.30. The van der Waals surface area contributed by atoms with Crippen molar-refractivity contribution in [1.29, 1.82) is 0 Å². The molecule has 132 valence electrons. The number of amides is 1. The number of ether oxygens (including phenoxy) is 1. The summed E-state index contributed by atoms with van der Waals surface area (Å²) < 4.78 is 5.20. The molecule has 7 heteroatoms. The van der Waals surface area contributed by atoms with Gasteiger partial charge in [-0.15, -0.1) is 0 Å². The zero-order valence-corrected chi connectivity index (χ0v) is 15.5. The molecule has 1 heterocycles. The van der Waals surface area contributed by atoms with Crippen LogP contribution >= 0.6 is 23.2 Å². The lowest BCUT2D eigenvalue weighted by atomic mass is 9.78. The fourth-order valence-corrected chi connectivity index (χ4v) is 3.17. The Morgan fingerprint density at radius 2 is 2.04 bits per heavy atom. The Morgan fingerprint density at radius 1 is 1.33 bits per heavy atom. The Hall–Kier alpha value is -1.33. The number of pyridine rings is 1. The lowest BCUT2D eigenvalue weighted by molar-refractivity contribution is -0.130. The van der Waals surface area contributed by atoms with Gasteiger partial charge in [0.25, 0.3) is 5.91 Å². The van der Waals surface area contributed by atoms with Crippen LogP contribution in [-0.2, 0) is 9.53 Å². The summed E-state index contributed by atoms with van der Waals surface area (Å²) in [7, 11) is 0. The fraction of sp³-hybridized carbons (Fsp3) is 0.588. The van der Waals surface area contributed by atoms with Crippen molar-refractivity contribution in [3.05, 3.63) is 28.0 Å². The van der Waals surface area contributed by atoms with E-state index in [-0.39, 0.29) is 27.7 Å². The van der Waals surface area contributed by atoms with Gasteiger partial charge >= 0.3 is 5.97 Å². The van der Waals surface area contributed by atoms with Crippen molar-refractivity contribution in [2.45, 2.75) is 52.2 Å². The third-order valence-corrected chi connectivity index (χ3v) is 5.41. The Morgan fingerprint density at radius 3 is 2.71 bits per heavy atom. The van der Waals surface area contributed by atoms with E-state index in [1.807, 2.05) is 0 Å². The molecule has 0 spiro atoms. The Balaban J connectivity index is 1.93. The van der Waals surface area contributed by atoms with Crippen molar-refractivity contribution < 1.29 is 14.3 Å². The highest BCUT2D eigenvalue weighted by molar-refractivity contribution is 6.41. The zero-order valence-electron chi connectivity index (χ0n) is 14.0. The largest absolute Gasteiger partial charge is 0.449 e. The summed E-state index contributed by atoms with van der Waals surface area (Å²) in [6.07, 6.45) is 3.61. The summed E-state index contributed by atoms with van der Waals surface area (Å²) in [5.74, 6) is 0.0326. The van der Waals surface area contributed by atoms with Gasteiger partial charge in [-0.1, -0.05) is 49.9 Å². The molecule has 1 aliphatic carbocycles. The monoisotopic (exact) mass is 372 g/mol. The third kappa shape index (κ3) is 4.61. The fourth-order valence-electron chi connectivity index (χ4n) is 2.90. The molecule has 1 aliphatic rings. The second-order valence-corrected chi connectivity index (χ2v) is 7.19. The predicted octanol–water partition coefficient (Wildman–Crippen LogP) is 3.87. The number of aromatic nitrogens is 1. The third-order valence-electron chi connectivity index (χ3n) is 4.72. The van der Waals surface area contributed by atoms with Gasteiger partial charge in [0.2, 0.25) is 0 Å². The van der Waals surface area contributed by atoms with Crippen molar-refractivity contribution in [2.75, 3.05) is 0 Å². The molecule has 1 aromatic heterocycles. The molecule has 1 saturated carbocycles. The van der Waals surface area contributed by atoms with Gasteiger partial charge < -0.3 is 10.1 Å². The van der Waals surface area contributed by atoms with Crippen molar-refractivity contribution in [1.82, 2.24) is 10.3 Å². The second kappa shape index (κ2) is 8.17. The Bertz CT molecular complexity index is 624. The number of nitrogens with one attached hydrogen (secondary N) is 1. The first-order valence-electron chi connectivity index (χ1n) is 8.12. The van der Waals surface area contributed by atoms with E-state index in [0.717, 1.165) is 12.8 Å². The zero-order chi connectivity index (χ0) is 17.9. The van der Waals surface area contributed by atoms with Crippen LogP contribution < -0.4 is 5.32 Å². The van der Waals surface area contributed by atoms with Gasteiger partial charge in [0.1, 0.15) is 5.15 Å². The van der Waals surface area contributed by atoms with Crippen LogP contribution in [0.15, 0.2) is 12.3 Å². The molecule has 24 heavy (non-hydrogen) atoms. The van der Waals surface area contributed by atoms with Gasteiger partial charge in [-0.05, 0) is 31.2 Å².